The highest BCUT2D eigenvalue weighted by atomic mass is 35.5. The SMILES string of the molecule is Cc1oc2c(c1CC(=O)N=c1scc(-c3ccc(OC(F)(F)F)c(Cl)c3)n1C(OP(=O)(O)O)(C(C)(C)C)C(C)(C)C)c(=O)n(C)c(=O)n2C. The highest BCUT2D eigenvalue weighted by molar-refractivity contribution is 7.46. The van der Waals surface area contributed by atoms with Gasteiger partial charge in [0.05, 0.1) is 17.1 Å². The lowest BCUT2D eigenvalue weighted by molar-refractivity contribution is -0.274. The molecule has 0 spiro atoms. The number of carbonyl (C=O) groups is 1. The van der Waals surface area contributed by atoms with Crippen LogP contribution in [0.3, 0.4) is 0 Å². The first-order valence-electron chi connectivity index (χ1n) is 14.5. The van der Waals surface area contributed by atoms with Gasteiger partial charge >= 0.3 is 19.9 Å². The number of furan rings is 1. The molecule has 0 saturated carbocycles. The van der Waals surface area contributed by atoms with Crippen LogP contribution < -0.4 is 20.8 Å². The first-order chi connectivity index (χ1) is 22.2. The number of thiazole rings is 1. The van der Waals surface area contributed by atoms with E-state index in [-0.39, 0.29) is 38.5 Å². The molecule has 0 aliphatic rings. The Labute approximate surface area is 286 Å². The maximum absolute atomic E-state index is 13.7. The second-order valence-electron chi connectivity index (χ2n) is 13.4. The van der Waals surface area contributed by atoms with Gasteiger partial charge in [-0.25, -0.2) is 9.36 Å². The predicted molar refractivity (Wildman–Crippen MR) is 175 cm³/mol. The third-order valence-corrected chi connectivity index (χ3v) is 9.52. The Bertz CT molecular complexity index is 2180. The topological polar surface area (TPSA) is 167 Å². The summed E-state index contributed by atoms with van der Waals surface area (Å²) < 4.78 is 70.3. The van der Waals surface area contributed by atoms with Crippen LogP contribution in [0.15, 0.2) is 42.6 Å². The van der Waals surface area contributed by atoms with Crippen LogP contribution in [0.4, 0.5) is 13.2 Å². The number of fused-ring (bicyclic) bond motifs is 1. The fraction of sp³-hybridized carbons (Fsp3) is 0.467. The van der Waals surface area contributed by atoms with Gasteiger partial charge in [-0.1, -0.05) is 53.1 Å². The zero-order valence-electron chi connectivity index (χ0n) is 27.9. The van der Waals surface area contributed by atoms with Crippen LogP contribution in [0.25, 0.3) is 22.4 Å². The van der Waals surface area contributed by atoms with E-state index in [1.54, 1.807) is 41.5 Å². The van der Waals surface area contributed by atoms with Gasteiger partial charge in [0.2, 0.25) is 5.71 Å². The summed E-state index contributed by atoms with van der Waals surface area (Å²) in [5, 5.41) is 1.07. The van der Waals surface area contributed by atoms with Crippen molar-refractivity contribution in [2.24, 2.45) is 29.9 Å². The summed E-state index contributed by atoms with van der Waals surface area (Å²) in [4.78, 5) is 64.0. The Kier molecular flexibility index (Phi) is 9.93. The van der Waals surface area contributed by atoms with Crippen molar-refractivity contribution in [1.29, 1.82) is 0 Å². The molecule has 49 heavy (non-hydrogen) atoms. The Morgan fingerprint density at radius 3 is 2.16 bits per heavy atom. The molecule has 0 unspecified atom stereocenters. The van der Waals surface area contributed by atoms with Crippen LogP contribution in [-0.4, -0.2) is 35.8 Å². The van der Waals surface area contributed by atoms with Crippen LogP contribution >= 0.6 is 30.8 Å². The summed E-state index contributed by atoms with van der Waals surface area (Å²) in [6, 6.07) is 3.41. The van der Waals surface area contributed by atoms with Gasteiger partial charge in [0.25, 0.3) is 11.5 Å². The molecule has 0 aliphatic heterocycles. The number of aromatic nitrogens is 3. The lowest BCUT2D eigenvalue weighted by Crippen LogP contribution is -2.59. The minimum Gasteiger partial charge on any atom is -0.444 e. The van der Waals surface area contributed by atoms with Gasteiger partial charge in [0, 0.05) is 41.4 Å². The molecule has 1 amide bonds. The standard InChI is InChI=1S/C30H35ClF3N4O9PS/c1-15-17(22-23(40)36(8)26(41)37(9)24(22)45-15)13-21(39)35-25-38(29(27(2,3)4,28(5,6)7)47-48(42,43)44)19(14-49-25)16-10-11-20(18(31)12-16)46-30(32,33)34/h10-12,14H,13H2,1-9H3,(H2,42,43,44). The third kappa shape index (κ3) is 7.23. The van der Waals surface area contributed by atoms with Gasteiger partial charge in [-0.05, 0) is 25.1 Å². The fourth-order valence-corrected chi connectivity index (χ4v) is 8.28. The molecule has 2 N–H and O–H groups in total. The number of amides is 1. The van der Waals surface area contributed by atoms with E-state index in [0.29, 0.717) is 0 Å². The monoisotopic (exact) mass is 750 g/mol. The van der Waals surface area contributed by atoms with E-state index in [1.165, 1.54) is 43.1 Å². The van der Waals surface area contributed by atoms with E-state index in [0.717, 1.165) is 26.5 Å². The molecule has 268 valence electrons. The van der Waals surface area contributed by atoms with E-state index in [2.05, 4.69) is 9.73 Å². The molecule has 4 aromatic rings. The Balaban J connectivity index is 2.05. The number of carbonyl (C=O) groups excluding carboxylic acids is 1. The summed E-state index contributed by atoms with van der Waals surface area (Å²) in [5.41, 5.74) is -5.18. The van der Waals surface area contributed by atoms with Crippen LogP contribution in [0, 0.1) is 17.8 Å². The molecule has 0 fully saturated rings. The normalized spacial score (nSPS) is 13.8. The van der Waals surface area contributed by atoms with Gasteiger partial charge < -0.3 is 18.9 Å². The number of alkyl halides is 3. The van der Waals surface area contributed by atoms with Gasteiger partial charge in [0.15, 0.2) is 10.5 Å². The number of aryl methyl sites for hydroxylation is 2. The van der Waals surface area contributed by atoms with E-state index >= 15 is 0 Å². The summed E-state index contributed by atoms with van der Waals surface area (Å²) >= 11 is 7.08. The summed E-state index contributed by atoms with van der Waals surface area (Å²) in [7, 11) is -2.62. The molecule has 0 atom stereocenters. The van der Waals surface area contributed by atoms with Gasteiger partial charge in [0.1, 0.15) is 16.9 Å². The molecule has 13 nitrogen and oxygen atoms in total. The van der Waals surface area contributed by atoms with Crippen molar-refractivity contribution >= 4 is 47.8 Å². The number of rotatable bonds is 7. The van der Waals surface area contributed by atoms with Gasteiger partial charge in [-0.15, -0.1) is 24.5 Å². The second-order valence-corrected chi connectivity index (χ2v) is 15.8. The highest BCUT2D eigenvalue weighted by Gasteiger charge is 2.58. The van der Waals surface area contributed by atoms with Crippen LogP contribution in [0.1, 0.15) is 52.9 Å². The molecule has 0 aliphatic carbocycles. The fourth-order valence-electron chi connectivity index (χ4n) is 6.14. The predicted octanol–water partition coefficient (Wildman–Crippen LogP) is 5.74. The second kappa shape index (κ2) is 12.7. The molecule has 0 saturated heterocycles. The van der Waals surface area contributed by atoms with Gasteiger partial charge in [-0.3, -0.25) is 27.8 Å². The minimum absolute atomic E-state index is 0.00441. The van der Waals surface area contributed by atoms with Crippen molar-refractivity contribution in [1.82, 2.24) is 13.7 Å². The largest absolute Gasteiger partial charge is 0.573 e. The molecule has 19 heteroatoms. The number of phosphoric ester groups is 1. The number of phosphoric acid groups is 1. The number of ether oxygens (including phenoxy) is 1. The molecule has 1 aromatic carbocycles. The van der Waals surface area contributed by atoms with E-state index in [9.17, 15) is 41.9 Å². The van der Waals surface area contributed by atoms with Crippen LogP contribution in [0.2, 0.25) is 5.02 Å². The van der Waals surface area contributed by atoms with E-state index < -0.39 is 65.1 Å². The third-order valence-electron chi connectivity index (χ3n) is 7.90. The molecule has 0 bridgehead atoms. The molecular formula is C30H35ClF3N4O9PS. The zero-order chi connectivity index (χ0) is 37.2. The minimum atomic E-state index is -5.32. The smallest absolute Gasteiger partial charge is 0.444 e. The lowest BCUT2D eigenvalue weighted by Gasteiger charge is -2.53. The zero-order valence-corrected chi connectivity index (χ0v) is 30.4. The molecule has 0 radical (unpaired) electrons. The number of hydrogen-bond donors (Lipinski definition) is 2. The maximum Gasteiger partial charge on any atom is 0.573 e. The van der Waals surface area contributed by atoms with Gasteiger partial charge in [-0.2, -0.15) is 4.99 Å². The molecule has 3 heterocycles. The highest BCUT2D eigenvalue weighted by Crippen LogP contribution is 2.59. The summed E-state index contributed by atoms with van der Waals surface area (Å²) in [6.45, 7) is 11.4. The van der Waals surface area contributed by atoms with Crippen molar-refractivity contribution in [2.45, 2.75) is 67.0 Å². The molecule has 4 rings (SSSR count). The first kappa shape index (κ1) is 38.3. The Morgan fingerprint density at radius 1 is 1.06 bits per heavy atom. The number of halogens is 4. The van der Waals surface area contributed by atoms with Crippen molar-refractivity contribution < 1.29 is 46.0 Å². The Hall–Kier alpha value is -3.47. The Morgan fingerprint density at radius 2 is 1.65 bits per heavy atom. The van der Waals surface area contributed by atoms with Crippen molar-refractivity contribution in [2.75, 3.05) is 0 Å². The van der Waals surface area contributed by atoms with Crippen LogP contribution in [0.5, 0.6) is 5.75 Å². The van der Waals surface area contributed by atoms with E-state index in [1.807, 2.05) is 0 Å². The first-order valence-corrected chi connectivity index (χ1v) is 17.3. The summed E-state index contributed by atoms with van der Waals surface area (Å²) in [6.07, 6.45) is -5.49. The van der Waals surface area contributed by atoms with Crippen molar-refractivity contribution in [3.63, 3.8) is 0 Å². The average Bonchev–Trinajstić information content (AvgIpc) is 3.48. The molecule has 3 aromatic heterocycles. The van der Waals surface area contributed by atoms with Crippen LogP contribution in [-0.2, 0) is 40.1 Å². The van der Waals surface area contributed by atoms with Crippen molar-refractivity contribution in [3.05, 3.63) is 65.6 Å². The number of hydrogen-bond acceptors (Lipinski definition) is 8. The molecular weight excluding hydrogens is 716 g/mol. The van der Waals surface area contributed by atoms with Crippen molar-refractivity contribution in [3.8, 4) is 17.0 Å². The number of nitrogens with zero attached hydrogens (tertiary/aromatic N) is 4. The summed E-state index contributed by atoms with van der Waals surface area (Å²) in [5.74, 6) is -1.30. The quantitative estimate of drug-likeness (QED) is 0.224. The number of benzene rings is 1. The maximum atomic E-state index is 13.7. The van der Waals surface area contributed by atoms with E-state index in [4.69, 9.17) is 20.5 Å². The average molecular weight is 751 g/mol. The lowest BCUT2D eigenvalue weighted by atomic mass is 9.68.